The van der Waals surface area contributed by atoms with Crippen molar-refractivity contribution in [2.45, 2.75) is 12.8 Å². The number of carbonyl (C=O) groups excluding carboxylic acids is 2. The number of aldehydes is 1. The van der Waals surface area contributed by atoms with E-state index in [0.29, 0.717) is 17.1 Å². The molecule has 1 aliphatic rings. The Kier molecular flexibility index (Phi) is 3.79. The number of benzene rings is 1. The van der Waals surface area contributed by atoms with E-state index in [1.165, 1.54) is 0 Å². The Morgan fingerprint density at radius 1 is 1.35 bits per heavy atom. The highest BCUT2D eigenvalue weighted by Crippen LogP contribution is 2.18. The molecule has 1 saturated heterocycles. The lowest BCUT2D eigenvalue weighted by atomic mass is 9.99. The summed E-state index contributed by atoms with van der Waals surface area (Å²) >= 11 is 5.78. The Morgan fingerprint density at radius 2 is 2.06 bits per heavy atom. The standard InChI is InChI=1S/C13H14ClNO2/c14-12-5-3-11(4-6-12)13(17)15-7-1-2-10(8-15)9-16/h3-6,9-10H,1-2,7-8H2. The van der Waals surface area contributed by atoms with Gasteiger partial charge in [-0.25, -0.2) is 0 Å². The van der Waals surface area contributed by atoms with Crippen LogP contribution in [0, 0.1) is 5.92 Å². The minimum absolute atomic E-state index is 0.0139. The fourth-order valence-corrected chi connectivity index (χ4v) is 2.21. The second-order valence-electron chi connectivity index (χ2n) is 4.30. The van der Waals surface area contributed by atoms with Gasteiger partial charge >= 0.3 is 0 Å². The first-order valence-corrected chi connectivity index (χ1v) is 6.08. The molecule has 0 radical (unpaired) electrons. The van der Waals surface area contributed by atoms with Gasteiger partial charge in [0.05, 0.1) is 0 Å². The Labute approximate surface area is 105 Å². The van der Waals surface area contributed by atoms with Gasteiger partial charge in [-0.2, -0.15) is 0 Å². The fourth-order valence-electron chi connectivity index (χ4n) is 2.08. The zero-order valence-electron chi connectivity index (χ0n) is 9.43. The van der Waals surface area contributed by atoms with E-state index in [-0.39, 0.29) is 11.8 Å². The van der Waals surface area contributed by atoms with Gasteiger partial charge < -0.3 is 9.69 Å². The molecule has 0 bridgehead atoms. The molecule has 4 heteroatoms. The van der Waals surface area contributed by atoms with Gasteiger partial charge in [-0.1, -0.05) is 11.6 Å². The number of carbonyl (C=O) groups is 2. The lowest BCUT2D eigenvalue weighted by Crippen LogP contribution is -2.40. The lowest BCUT2D eigenvalue weighted by Gasteiger charge is -2.30. The molecule has 1 unspecified atom stereocenters. The van der Waals surface area contributed by atoms with Crippen LogP contribution in [0.25, 0.3) is 0 Å². The van der Waals surface area contributed by atoms with E-state index >= 15 is 0 Å². The van der Waals surface area contributed by atoms with E-state index in [1.807, 2.05) is 0 Å². The molecule has 0 saturated carbocycles. The van der Waals surface area contributed by atoms with E-state index in [9.17, 15) is 9.59 Å². The molecule has 1 aliphatic heterocycles. The van der Waals surface area contributed by atoms with E-state index in [4.69, 9.17) is 11.6 Å². The summed E-state index contributed by atoms with van der Waals surface area (Å²) in [6.45, 7) is 1.26. The Balaban J connectivity index is 2.09. The first-order chi connectivity index (χ1) is 8.20. The van der Waals surface area contributed by atoms with Gasteiger partial charge in [0.25, 0.3) is 5.91 Å². The smallest absolute Gasteiger partial charge is 0.253 e. The molecule has 1 heterocycles. The number of hydrogen-bond donors (Lipinski definition) is 0. The average Bonchev–Trinajstić information content (AvgIpc) is 2.39. The topological polar surface area (TPSA) is 37.4 Å². The highest BCUT2D eigenvalue weighted by molar-refractivity contribution is 6.30. The van der Waals surface area contributed by atoms with Crippen molar-refractivity contribution in [3.8, 4) is 0 Å². The van der Waals surface area contributed by atoms with Crippen molar-refractivity contribution in [2.24, 2.45) is 5.92 Å². The molecule has 1 atom stereocenters. The van der Waals surface area contributed by atoms with E-state index in [1.54, 1.807) is 29.2 Å². The predicted octanol–water partition coefficient (Wildman–Crippen LogP) is 2.39. The molecule has 17 heavy (non-hydrogen) atoms. The largest absolute Gasteiger partial charge is 0.338 e. The zero-order valence-corrected chi connectivity index (χ0v) is 10.2. The average molecular weight is 252 g/mol. The summed E-state index contributed by atoms with van der Waals surface area (Å²) < 4.78 is 0. The monoisotopic (exact) mass is 251 g/mol. The van der Waals surface area contributed by atoms with Gasteiger partial charge in [-0.3, -0.25) is 4.79 Å². The summed E-state index contributed by atoms with van der Waals surface area (Å²) in [6.07, 6.45) is 2.72. The zero-order chi connectivity index (χ0) is 12.3. The Morgan fingerprint density at radius 3 is 2.71 bits per heavy atom. The quantitative estimate of drug-likeness (QED) is 0.757. The highest BCUT2D eigenvalue weighted by atomic mass is 35.5. The summed E-state index contributed by atoms with van der Waals surface area (Å²) in [4.78, 5) is 24.6. The SMILES string of the molecule is O=CC1CCCN(C(=O)c2ccc(Cl)cc2)C1. The third-order valence-electron chi connectivity index (χ3n) is 3.03. The fraction of sp³-hybridized carbons (Fsp3) is 0.385. The minimum atomic E-state index is -0.0202. The number of hydrogen-bond acceptors (Lipinski definition) is 2. The third-order valence-corrected chi connectivity index (χ3v) is 3.28. The molecule has 0 spiro atoms. The second kappa shape index (κ2) is 5.32. The maximum absolute atomic E-state index is 12.1. The normalized spacial score (nSPS) is 20.1. The van der Waals surface area contributed by atoms with Crippen LogP contribution in [0.4, 0.5) is 0 Å². The third kappa shape index (κ3) is 2.86. The molecule has 1 aromatic carbocycles. The molecule has 2 rings (SSSR count). The van der Waals surface area contributed by atoms with Crippen LogP contribution in [0.3, 0.4) is 0 Å². The van der Waals surface area contributed by atoms with Gasteiger partial charge in [0.2, 0.25) is 0 Å². The number of likely N-dealkylation sites (tertiary alicyclic amines) is 1. The van der Waals surface area contributed by atoms with Gasteiger partial charge in [-0.05, 0) is 37.1 Å². The lowest BCUT2D eigenvalue weighted by molar-refractivity contribution is -0.112. The molecule has 1 amide bonds. The van der Waals surface area contributed by atoms with Gasteiger partial charge in [-0.15, -0.1) is 0 Å². The first kappa shape index (κ1) is 12.1. The van der Waals surface area contributed by atoms with Crippen molar-refractivity contribution in [3.63, 3.8) is 0 Å². The molecular formula is C13H14ClNO2. The molecular weight excluding hydrogens is 238 g/mol. The molecule has 3 nitrogen and oxygen atoms in total. The predicted molar refractivity (Wildman–Crippen MR) is 66.1 cm³/mol. The van der Waals surface area contributed by atoms with Crippen LogP contribution in [-0.4, -0.2) is 30.2 Å². The number of halogens is 1. The molecule has 1 aromatic rings. The van der Waals surface area contributed by atoms with Crippen molar-refractivity contribution in [2.75, 3.05) is 13.1 Å². The molecule has 1 fully saturated rings. The minimum Gasteiger partial charge on any atom is -0.338 e. The van der Waals surface area contributed by atoms with Crippen LogP contribution in [0.1, 0.15) is 23.2 Å². The van der Waals surface area contributed by atoms with Crippen molar-refractivity contribution in [1.29, 1.82) is 0 Å². The highest BCUT2D eigenvalue weighted by Gasteiger charge is 2.23. The van der Waals surface area contributed by atoms with Crippen LogP contribution < -0.4 is 0 Å². The number of piperidine rings is 1. The van der Waals surface area contributed by atoms with Crippen molar-refractivity contribution in [3.05, 3.63) is 34.9 Å². The van der Waals surface area contributed by atoms with Crippen LogP contribution in [0.2, 0.25) is 5.02 Å². The van der Waals surface area contributed by atoms with E-state index in [0.717, 1.165) is 25.7 Å². The number of nitrogens with zero attached hydrogens (tertiary/aromatic N) is 1. The van der Waals surface area contributed by atoms with Crippen molar-refractivity contribution in [1.82, 2.24) is 4.90 Å². The van der Waals surface area contributed by atoms with Gasteiger partial charge in [0.1, 0.15) is 6.29 Å². The van der Waals surface area contributed by atoms with Crippen LogP contribution in [-0.2, 0) is 4.79 Å². The van der Waals surface area contributed by atoms with E-state index in [2.05, 4.69) is 0 Å². The second-order valence-corrected chi connectivity index (χ2v) is 4.73. The maximum atomic E-state index is 12.1. The van der Waals surface area contributed by atoms with Crippen LogP contribution >= 0.6 is 11.6 Å². The van der Waals surface area contributed by atoms with Crippen LogP contribution in [0.15, 0.2) is 24.3 Å². The summed E-state index contributed by atoms with van der Waals surface area (Å²) in [7, 11) is 0. The molecule has 90 valence electrons. The first-order valence-electron chi connectivity index (χ1n) is 5.71. The summed E-state index contributed by atoms with van der Waals surface area (Å²) in [5.41, 5.74) is 0.626. The number of rotatable bonds is 2. The van der Waals surface area contributed by atoms with Crippen molar-refractivity contribution >= 4 is 23.8 Å². The summed E-state index contributed by atoms with van der Waals surface area (Å²) in [5.74, 6) is -0.0341. The maximum Gasteiger partial charge on any atom is 0.253 e. The number of amides is 1. The van der Waals surface area contributed by atoms with Crippen molar-refractivity contribution < 1.29 is 9.59 Å². The van der Waals surface area contributed by atoms with Crippen LogP contribution in [0.5, 0.6) is 0 Å². The Hall–Kier alpha value is -1.35. The summed E-state index contributed by atoms with van der Waals surface area (Å²) in [6, 6.07) is 6.84. The van der Waals surface area contributed by atoms with Gasteiger partial charge in [0.15, 0.2) is 0 Å². The molecule has 0 aliphatic carbocycles. The van der Waals surface area contributed by atoms with E-state index < -0.39 is 0 Å². The van der Waals surface area contributed by atoms with Gasteiger partial charge in [0, 0.05) is 29.6 Å². The molecule has 0 N–H and O–H groups in total. The summed E-state index contributed by atoms with van der Waals surface area (Å²) in [5, 5.41) is 0.617. The molecule has 0 aromatic heterocycles. The Bertz CT molecular complexity index is 416.